The van der Waals surface area contributed by atoms with Crippen molar-refractivity contribution in [1.82, 2.24) is 14.8 Å². The molecule has 2 rings (SSSR count). The summed E-state index contributed by atoms with van der Waals surface area (Å²) in [5.74, 6) is -0.207. The molecule has 0 saturated heterocycles. The number of aromatic carboxylic acids is 1. The summed E-state index contributed by atoms with van der Waals surface area (Å²) in [7, 11) is 0. The van der Waals surface area contributed by atoms with Crippen molar-refractivity contribution in [2.75, 3.05) is 11.5 Å². The van der Waals surface area contributed by atoms with Crippen molar-refractivity contribution >= 4 is 23.5 Å². The Kier molecular flexibility index (Phi) is 3.52. The second kappa shape index (κ2) is 5.09. The molecule has 2 aromatic rings. The van der Waals surface area contributed by atoms with Gasteiger partial charge in [0.1, 0.15) is 16.4 Å². The summed E-state index contributed by atoms with van der Waals surface area (Å²) in [5, 5.41) is 13.8. The largest absolute Gasteiger partial charge is 0.477 e. The average molecular weight is 264 g/mol. The van der Waals surface area contributed by atoms with E-state index in [1.807, 2.05) is 6.92 Å². The van der Waals surface area contributed by atoms with Gasteiger partial charge in [0.25, 0.3) is 0 Å². The fourth-order valence-electron chi connectivity index (χ4n) is 1.53. The zero-order valence-electron chi connectivity index (χ0n) is 9.70. The van der Waals surface area contributed by atoms with Crippen LogP contribution in [0.2, 0.25) is 0 Å². The van der Waals surface area contributed by atoms with E-state index in [9.17, 15) is 9.90 Å². The minimum atomic E-state index is -1.07. The van der Waals surface area contributed by atoms with Crippen LogP contribution in [0.5, 0.6) is 0 Å². The maximum Gasteiger partial charge on any atom is 0.342 e. The lowest BCUT2D eigenvalue weighted by Gasteiger charge is -2.02. The van der Waals surface area contributed by atoms with E-state index in [0.717, 1.165) is 5.75 Å². The highest BCUT2D eigenvalue weighted by molar-refractivity contribution is 7.99. The fourth-order valence-corrected chi connectivity index (χ4v) is 2.28. The zero-order valence-corrected chi connectivity index (χ0v) is 10.5. The number of carboxylic acid groups (broad SMARTS) is 1. The zero-order chi connectivity index (χ0) is 13.1. The summed E-state index contributed by atoms with van der Waals surface area (Å²) in [4.78, 5) is 15.1. The van der Waals surface area contributed by atoms with Gasteiger partial charge in [0.2, 0.25) is 0 Å². The summed E-state index contributed by atoms with van der Waals surface area (Å²) < 4.78 is 1.42. The molecule has 0 aliphatic rings. The lowest BCUT2D eigenvalue weighted by atomic mass is 10.3. The van der Waals surface area contributed by atoms with Crippen LogP contribution in [0.3, 0.4) is 0 Å². The number of nitrogens with two attached hydrogens (primary N) is 1. The van der Waals surface area contributed by atoms with E-state index in [2.05, 4.69) is 10.1 Å². The second-order valence-corrected chi connectivity index (χ2v) is 4.67. The molecule has 0 aromatic carbocycles. The van der Waals surface area contributed by atoms with Gasteiger partial charge in [-0.1, -0.05) is 6.92 Å². The number of carboxylic acids is 1. The molecule has 0 aliphatic carbocycles. The van der Waals surface area contributed by atoms with Gasteiger partial charge < -0.3 is 10.8 Å². The molecular formula is C11H12N4O2S. The van der Waals surface area contributed by atoms with Crippen molar-refractivity contribution in [1.29, 1.82) is 0 Å². The van der Waals surface area contributed by atoms with Crippen LogP contribution in [0, 0.1) is 0 Å². The van der Waals surface area contributed by atoms with Gasteiger partial charge >= 0.3 is 5.97 Å². The second-order valence-electron chi connectivity index (χ2n) is 3.42. The molecule has 0 amide bonds. The van der Waals surface area contributed by atoms with E-state index in [4.69, 9.17) is 5.73 Å². The van der Waals surface area contributed by atoms with Crippen molar-refractivity contribution in [3.05, 3.63) is 30.1 Å². The van der Waals surface area contributed by atoms with Gasteiger partial charge in [0, 0.05) is 12.4 Å². The Balaban J connectivity index is 2.57. The number of nitrogens with zero attached hydrogens (tertiary/aromatic N) is 3. The van der Waals surface area contributed by atoms with E-state index in [1.165, 1.54) is 16.4 Å². The number of anilines is 1. The first-order valence-corrected chi connectivity index (χ1v) is 6.28. The number of pyridine rings is 1. The SMILES string of the molecule is CCSc1nn(-c2ccncc2)c(N)c1C(=O)O. The van der Waals surface area contributed by atoms with Crippen LogP contribution in [-0.2, 0) is 0 Å². The van der Waals surface area contributed by atoms with Crippen LogP contribution < -0.4 is 5.73 Å². The first-order chi connectivity index (χ1) is 8.65. The lowest BCUT2D eigenvalue weighted by molar-refractivity contribution is 0.0694. The highest BCUT2D eigenvalue weighted by atomic mass is 32.2. The Bertz CT molecular complexity index is 568. The first kappa shape index (κ1) is 12.4. The summed E-state index contributed by atoms with van der Waals surface area (Å²) in [6.45, 7) is 1.93. The topological polar surface area (TPSA) is 94.0 Å². The predicted octanol–water partition coefficient (Wildman–Crippen LogP) is 1.66. The average Bonchev–Trinajstić information content (AvgIpc) is 2.68. The summed E-state index contributed by atoms with van der Waals surface area (Å²) in [6.07, 6.45) is 3.20. The van der Waals surface area contributed by atoms with Crippen molar-refractivity contribution in [3.63, 3.8) is 0 Å². The number of nitrogen functional groups attached to an aromatic ring is 1. The Hall–Kier alpha value is -2.02. The molecule has 7 heteroatoms. The number of hydrogen-bond acceptors (Lipinski definition) is 5. The maximum absolute atomic E-state index is 11.2. The van der Waals surface area contributed by atoms with Gasteiger partial charge in [-0.05, 0) is 17.9 Å². The quantitative estimate of drug-likeness (QED) is 0.816. The molecule has 0 bridgehead atoms. The van der Waals surface area contributed by atoms with Crippen LogP contribution in [0.15, 0.2) is 29.6 Å². The molecule has 0 atom stereocenters. The van der Waals surface area contributed by atoms with Crippen molar-refractivity contribution < 1.29 is 9.90 Å². The maximum atomic E-state index is 11.2. The molecule has 0 aliphatic heterocycles. The van der Waals surface area contributed by atoms with Crippen LogP contribution in [0.25, 0.3) is 5.69 Å². The summed E-state index contributed by atoms with van der Waals surface area (Å²) >= 11 is 1.35. The molecule has 0 spiro atoms. The van der Waals surface area contributed by atoms with Gasteiger partial charge in [0.05, 0.1) is 5.69 Å². The molecule has 0 unspecified atom stereocenters. The Morgan fingerprint density at radius 2 is 2.17 bits per heavy atom. The molecule has 2 heterocycles. The molecule has 94 valence electrons. The van der Waals surface area contributed by atoms with Gasteiger partial charge in [0.15, 0.2) is 0 Å². The minimum Gasteiger partial charge on any atom is -0.477 e. The third kappa shape index (κ3) is 2.17. The van der Waals surface area contributed by atoms with Crippen LogP contribution in [0.4, 0.5) is 5.82 Å². The van der Waals surface area contributed by atoms with Gasteiger partial charge in [-0.3, -0.25) is 4.98 Å². The first-order valence-electron chi connectivity index (χ1n) is 5.30. The van der Waals surface area contributed by atoms with Crippen molar-refractivity contribution in [2.45, 2.75) is 11.9 Å². The van der Waals surface area contributed by atoms with Gasteiger partial charge in [-0.25, -0.2) is 9.48 Å². The molecule has 0 saturated carbocycles. The summed E-state index contributed by atoms with van der Waals surface area (Å²) in [5.41, 5.74) is 6.60. The van der Waals surface area contributed by atoms with Crippen LogP contribution >= 0.6 is 11.8 Å². The van der Waals surface area contributed by atoms with E-state index < -0.39 is 5.97 Å². The van der Waals surface area contributed by atoms with Gasteiger partial charge in [-0.2, -0.15) is 5.10 Å². The monoisotopic (exact) mass is 264 g/mol. The molecular weight excluding hydrogens is 252 g/mol. The smallest absolute Gasteiger partial charge is 0.342 e. The van der Waals surface area contributed by atoms with E-state index in [0.29, 0.717) is 10.7 Å². The third-order valence-electron chi connectivity index (χ3n) is 2.29. The number of thioether (sulfide) groups is 1. The van der Waals surface area contributed by atoms with E-state index in [1.54, 1.807) is 24.5 Å². The van der Waals surface area contributed by atoms with Gasteiger partial charge in [-0.15, -0.1) is 11.8 Å². The molecule has 0 fully saturated rings. The lowest BCUT2D eigenvalue weighted by Crippen LogP contribution is -2.05. The highest BCUT2D eigenvalue weighted by Gasteiger charge is 2.22. The van der Waals surface area contributed by atoms with E-state index >= 15 is 0 Å². The summed E-state index contributed by atoms with van der Waals surface area (Å²) in [6, 6.07) is 3.44. The standard InChI is InChI=1S/C11H12N4O2S/c1-2-18-10-8(11(16)17)9(12)15(14-10)7-3-5-13-6-4-7/h3-6H,2,12H2,1H3,(H,16,17). The number of rotatable bonds is 4. The Labute approximate surface area is 108 Å². The van der Waals surface area contributed by atoms with Crippen molar-refractivity contribution in [2.24, 2.45) is 0 Å². The third-order valence-corrected chi connectivity index (χ3v) is 3.14. The Morgan fingerprint density at radius 3 is 2.72 bits per heavy atom. The molecule has 6 nitrogen and oxygen atoms in total. The number of hydrogen-bond donors (Lipinski definition) is 2. The number of aromatic nitrogens is 3. The minimum absolute atomic E-state index is 0.0543. The van der Waals surface area contributed by atoms with Crippen LogP contribution in [0.1, 0.15) is 17.3 Å². The Morgan fingerprint density at radius 1 is 1.50 bits per heavy atom. The highest BCUT2D eigenvalue weighted by Crippen LogP contribution is 2.28. The number of carbonyl (C=O) groups is 1. The van der Waals surface area contributed by atoms with Crippen molar-refractivity contribution in [3.8, 4) is 5.69 Å². The van der Waals surface area contributed by atoms with Crippen LogP contribution in [-0.4, -0.2) is 31.6 Å². The molecule has 2 aromatic heterocycles. The molecule has 0 radical (unpaired) electrons. The molecule has 18 heavy (non-hydrogen) atoms. The predicted molar refractivity (Wildman–Crippen MR) is 69.1 cm³/mol. The normalized spacial score (nSPS) is 10.5. The fraction of sp³-hybridized carbons (Fsp3) is 0.182. The molecule has 3 N–H and O–H groups in total. The van der Waals surface area contributed by atoms with E-state index in [-0.39, 0.29) is 11.4 Å².